The SMILES string of the molecule is CC(=O)OC[C@@H]1[C@@H](OC(C)=O)[C@@H](OC(C)=O)[C@H](C)N1Cc1ccccc1. The average molecular weight is 363 g/mol. The van der Waals surface area contributed by atoms with E-state index in [0.717, 1.165) is 5.56 Å². The van der Waals surface area contributed by atoms with Crippen molar-refractivity contribution in [3.8, 4) is 0 Å². The number of carbonyl (C=O) groups excluding carboxylic acids is 3. The monoisotopic (exact) mass is 363 g/mol. The summed E-state index contributed by atoms with van der Waals surface area (Å²) in [4.78, 5) is 36.5. The molecule has 0 bridgehead atoms. The van der Waals surface area contributed by atoms with E-state index in [1.807, 2.05) is 42.2 Å². The standard InChI is InChI=1S/C19H25NO6/c1-12-18(25-14(3)22)19(26-15(4)23)17(11-24-13(2)21)20(12)10-16-8-6-5-7-9-16/h5-9,12,17-19H,10-11H2,1-4H3/t12-,17+,18-,19+/m0/s1. The normalized spacial score (nSPS) is 25.5. The largest absolute Gasteiger partial charge is 0.464 e. The van der Waals surface area contributed by atoms with Crippen LogP contribution in [-0.2, 0) is 35.1 Å². The summed E-state index contributed by atoms with van der Waals surface area (Å²) in [5.41, 5.74) is 1.05. The Morgan fingerprint density at radius 2 is 1.50 bits per heavy atom. The maximum absolute atomic E-state index is 11.6. The summed E-state index contributed by atoms with van der Waals surface area (Å²) < 4.78 is 16.1. The number of hydrogen-bond donors (Lipinski definition) is 0. The predicted molar refractivity (Wildman–Crippen MR) is 93.0 cm³/mol. The zero-order valence-corrected chi connectivity index (χ0v) is 15.5. The van der Waals surface area contributed by atoms with E-state index in [2.05, 4.69) is 0 Å². The van der Waals surface area contributed by atoms with Crippen molar-refractivity contribution in [3.05, 3.63) is 35.9 Å². The lowest BCUT2D eigenvalue weighted by Crippen LogP contribution is -2.43. The van der Waals surface area contributed by atoms with Gasteiger partial charge in [0.1, 0.15) is 6.61 Å². The van der Waals surface area contributed by atoms with Crippen molar-refractivity contribution in [3.63, 3.8) is 0 Å². The van der Waals surface area contributed by atoms with Crippen molar-refractivity contribution >= 4 is 17.9 Å². The lowest BCUT2D eigenvalue weighted by molar-refractivity contribution is -0.165. The van der Waals surface area contributed by atoms with Gasteiger partial charge >= 0.3 is 17.9 Å². The van der Waals surface area contributed by atoms with Crippen LogP contribution in [0.25, 0.3) is 0 Å². The fraction of sp³-hybridized carbons (Fsp3) is 0.526. The molecule has 7 nitrogen and oxygen atoms in total. The van der Waals surface area contributed by atoms with Crippen LogP contribution in [0.1, 0.15) is 33.3 Å². The minimum Gasteiger partial charge on any atom is -0.464 e. The van der Waals surface area contributed by atoms with Gasteiger partial charge in [-0.05, 0) is 12.5 Å². The van der Waals surface area contributed by atoms with Crippen LogP contribution in [0.5, 0.6) is 0 Å². The minimum absolute atomic E-state index is 0.0439. The van der Waals surface area contributed by atoms with E-state index in [1.54, 1.807) is 0 Å². The molecule has 1 saturated heterocycles. The summed E-state index contributed by atoms with van der Waals surface area (Å²) in [5.74, 6) is -1.35. The summed E-state index contributed by atoms with van der Waals surface area (Å²) in [5, 5.41) is 0. The highest BCUT2D eigenvalue weighted by Crippen LogP contribution is 2.32. The highest BCUT2D eigenvalue weighted by atomic mass is 16.6. The molecule has 142 valence electrons. The first-order valence-electron chi connectivity index (χ1n) is 8.57. The molecule has 1 aromatic rings. The van der Waals surface area contributed by atoms with Gasteiger partial charge in [-0.1, -0.05) is 30.3 Å². The molecule has 0 N–H and O–H groups in total. The fourth-order valence-corrected chi connectivity index (χ4v) is 3.32. The minimum atomic E-state index is -0.713. The lowest BCUT2D eigenvalue weighted by atomic mass is 10.1. The molecule has 2 rings (SSSR count). The number of ether oxygens (including phenoxy) is 3. The number of likely N-dealkylation sites (tertiary alicyclic amines) is 1. The quantitative estimate of drug-likeness (QED) is 0.562. The second-order valence-corrected chi connectivity index (χ2v) is 6.42. The number of benzene rings is 1. The first kappa shape index (κ1) is 19.9. The molecular weight excluding hydrogens is 338 g/mol. The van der Waals surface area contributed by atoms with Gasteiger partial charge in [0.25, 0.3) is 0 Å². The van der Waals surface area contributed by atoms with Crippen molar-refractivity contribution < 1.29 is 28.6 Å². The molecule has 0 saturated carbocycles. The van der Waals surface area contributed by atoms with E-state index in [0.29, 0.717) is 6.54 Å². The molecule has 0 amide bonds. The number of esters is 3. The number of rotatable bonds is 6. The summed E-state index contributed by atoms with van der Waals surface area (Å²) in [6.45, 7) is 6.44. The molecule has 4 atom stereocenters. The molecule has 0 radical (unpaired) electrons. The molecule has 0 aromatic heterocycles. The Morgan fingerprint density at radius 1 is 0.923 bits per heavy atom. The molecule has 0 unspecified atom stereocenters. The van der Waals surface area contributed by atoms with Gasteiger partial charge in [-0.15, -0.1) is 0 Å². The van der Waals surface area contributed by atoms with Gasteiger partial charge in [-0.25, -0.2) is 0 Å². The Bertz CT molecular complexity index is 647. The average Bonchev–Trinajstić information content (AvgIpc) is 2.78. The van der Waals surface area contributed by atoms with Gasteiger partial charge < -0.3 is 14.2 Å². The smallest absolute Gasteiger partial charge is 0.303 e. The van der Waals surface area contributed by atoms with E-state index in [-0.39, 0.29) is 12.6 Å². The van der Waals surface area contributed by atoms with Crippen molar-refractivity contribution in [1.29, 1.82) is 0 Å². The molecular formula is C19H25NO6. The second kappa shape index (κ2) is 8.80. The predicted octanol–water partition coefficient (Wildman–Crippen LogP) is 1.69. The van der Waals surface area contributed by atoms with Crippen molar-refractivity contribution in [1.82, 2.24) is 4.90 Å². The number of nitrogens with zero attached hydrogens (tertiary/aromatic N) is 1. The molecule has 1 aliphatic rings. The van der Waals surface area contributed by atoms with Crippen molar-refractivity contribution in [2.75, 3.05) is 6.61 Å². The summed E-state index contributed by atoms with van der Waals surface area (Å²) in [6, 6.07) is 9.13. The van der Waals surface area contributed by atoms with Gasteiger partial charge in [0.2, 0.25) is 0 Å². The summed E-state index contributed by atoms with van der Waals surface area (Å²) in [6.07, 6.45) is -1.35. The molecule has 1 aromatic carbocycles. The molecule has 0 aliphatic carbocycles. The Morgan fingerprint density at radius 3 is 2.04 bits per heavy atom. The van der Waals surface area contributed by atoms with Crippen LogP contribution < -0.4 is 0 Å². The van der Waals surface area contributed by atoms with E-state index >= 15 is 0 Å². The molecule has 1 heterocycles. The van der Waals surface area contributed by atoms with Gasteiger partial charge in [0.15, 0.2) is 12.2 Å². The van der Waals surface area contributed by atoms with E-state index in [9.17, 15) is 14.4 Å². The van der Waals surface area contributed by atoms with Crippen molar-refractivity contribution in [2.45, 2.75) is 58.5 Å². The van der Waals surface area contributed by atoms with Crippen LogP contribution in [0.4, 0.5) is 0 Å². The zero-order valence-electron chi connectivity index (χ0n) is 15.5. The topological polar surface area (TPSA) is 82.1 Å². The zero-order chi connectivity index (χ0) is 19.3. The molecule has 0 spiro atoms. The molecule has 1 fully saturated rings. The van der Waals surface area contributed by atoms with Crippen LogP contribution in [0.3, 0.4) is 0 Å². The van der Waals surface area contributed by atoms with Gasteiger partial charge in [0, 0.05) is 33.4 Å². The third-order valence-corrected chi connectivity index (χ3v) is 4.40. The molecule has 1 aliphatic heterocycles. The highest BCUT2D eigenvalue weighted by Gasteiger charge is 2.51. The Kier molecular flexibility index (Phi) is 6.74. The van der Waals surface area contributed by atoms with Gasteiger partial charge in [-0.2, -0.15) is 0 Å². The Hall–Kier alpha value is -2.41. The van der Waals surface area contributed by atoms with E-state index in [4.69, 9.17) is 14.2 Å². The van der Waals surface area contributed by atoms with E-state index in [1.165, 1.54) is 20.8 Å². The van der Waals surface area contributed by atoms with Crippen LogP contribution >= 0.6 is 0 Å². The fourth-order valence-electron chi connectivity index (χ4n) is 3.32. The third-order valence-electron chi connectivity index (χ3n) is 4.40. The first-order valence-corrected chi connectivity index (χ1v) is 8.57. The van der Waals surface area contributed by atoms with Crippen LogP contribution in [0.2, 0.25) is 0 Å². The van der Waals surface area contributed by atoms with Crippen LogP contribution in [0.15, 0.2) is 30.3 Å². The van der Waals surface area contributed by atoms with Crippen LogP contribution in [0, 0.1) is 0 Å². The van der Waals surface area contributed by atoms with Gasteiger partial charge in [-0.3, -0.25) is 19.3 Å². The second-order valence-electron chi connectivity index (χ2n) is 6.42. The van der Waals surface area contributed by atoms with Crippen LogP contribution in [-0.4, -0.2) is 53.7 Å². The third kappa shape index (κ3) is 5.05. The lowest BCUT2D eigenvalue weighted by Gasteiger charge is -2.28. The number of hydrogen-bond acceptors (Lipinski definition) is 7. The Balaban J connectivity index is 2.31. The first-order chi connectivity index (χ1) is 12.3. The van der Waals surface area contributed by atoms with Gasteiger partial charge in [0.05, 0.1) is 6.04 Å². The summed E-state index contributed by atoms with van der Waals surface area (Å²) in [7, 11) is 0. The number of carbonyl (C=O) groups is 3. The highest BCUT2D eigenvalue weighted by molar-refractivity contribution is 5.68. The van der Waals surface area contributed by atoms with Crippen molar-refractivity contribution in [2.24, 2.45) is 0 Å². The maximum atomic E-state index is 11.6. The molecule has 26 heavy (non-hydrogen) atoms. The summed E-state index contributed by atoms with van der Waals surface area (Å²) >= 11 is 0. The van der Waals surface area contributed by atoms with E-state index < -0.39 is 36.2 Å². The Labute approximate surface area is 153 Å². The molecule has 7 heteroatoms. The maximum Gasteiger partial charge on any atom is 0.303 e.